The van der Waals surface area contributed by atoms with Crippen LogP contribution in [0.3, 0.4) is 0 Å². The van der Waals surface area contributed by atoms with Crippen LogP contribution in [-0.2, 0) is 9.53 Å². The molecule has 0 saturated carbocycles. The normalized spacial score (nSPS) is 11.9. The van der Waals surface area contributed by atoms with Gasteiger partial charge in [-0.05, 0) is 0 Å². The van der Waals surface area contributed by atoms with E-state index in [2.05, 4.69) is 5.32 Å². The van der Waals surface area contributed by atoms with Gasteiger partial charge in [-0.3, -0.25) is 0 Å². The van der Waals surface area contributed by atoms with Crippen LogP contribution in [0, 0.1) is 0 Å². The number of nitrogens with one attached hydrogen (secondary N) is 1. The van der Waals surface area contributed by atoms with Gasteiger partial charge in [0.25, 0.3) is 0 Å². The minimum atomic E-state index is -1.36. The molecule has 0 saturated heterocycles. The van der Waals surface area contributed by atoms with Crippen LogP contribution >= 0.6 is 0 Å². The second kappa shape index (κ2) is 8.74. The van der Waals surface area contributed by atoms with E-state index in [1.807, 2.05) is 0 Å². The van der Waals surface area contributed by atoms with Crippen molar-refractivity contribution in [1.29, 1.82) is 0 Å². The Labute approximate surface area is 98.8 Å². The number of aliphatic hydroxyl groups excluding tert-OH is 2. The minimum Gasteiger partial charge on any atom is -0.480 e. The Morgan fingerprint density at radius 2 is 2.00 bits per heavy atom. The zero-order valence-electron chi connectivity index (χ0n) is 9.63. The molecular formula is C9H18N2O6. The van der Waals surface area contributed by atoms with Crippen molar-refractivity contribution in [3.05, 3.63) is 0 Å². The Balaban J connectivity index is 4.33. The van der Waals surface area contributed by atoms with E-state index in [9.17, 15) is 9.59 Å². The van der Waals surface area contributed by atoms with Crippen LogP contribution < -0.4 is 5.32 Å². The summed E-state index contributed by atoms with van der Waals surface area (Å²) in [5.41, 5.74) is 0. The maximum Gasteiger partial charge on any atom is 0.328 e. The molecule has 1 atom stereocenters. The van der Waals surface area contributed by atoms with Crippen molar-refractivity contribution in [2.24, 2.45) is 0 Å². The molecule has 17 heavy (non-hydrogen) atoms. The Morgan fingerprint density at radius 1 is 1.35 bits per heavy atom. The molecule has 0 fully saturated rings. The molecule has 0 aromatic rings. The number of rotatable bonds is 8. The van der Waals surface area contributed by atoms with Crippen LogP contribution in [0.15, 0.2) is 0 Å². The zero-order valence-corrected chi connectivity index (χ0v) is 9.63. The molecule has 2 amide bonds. The van der Waals surface area contributed by atoms with Crippen LogP contribution in [0.5, 0.6) is 0 Å². The van der Waals surface area contributed by atoms with Crippen molar-refractivity contribution >= 4 is 12.0 Å². The fourth-order valence-electron chi connectivity index (χ4n) is 1.06. The molecule has 100 valence electrons. The quantitative estimate of drug-likeness (QED) is 0.399. The van der Waals surface area contributed by atoms with Gasteiger partial charge in [-0.15, -0.1) is 0 Å². The SMILES string of the molecule is COCCN(CCO)C(=O)N[C@H](CO)C(=O)O. The number of nitrogens with zero attached hydrogens (tertiary/aromatic N) is 1. The second-order valence-corrected chi connectivity index (χ2v) is 3.23. The number of carboxylic acids is 1. The first kappa shape index (κ1) is 15.6. The van der Waals surface area contributed by atoms with Gasteiger partial charge in [-0.25, -0.2) is 9.59 Å². The fraction of sp³-hybridized carbons (Fsp3) is 0.778. The molecule has 0 unspecified atom stereocenters. The topological polar surface area (TPSA) is 119 Å². The number of urea groups is 1. The van der Waals surface area contributed by atoms with Crippen LogP contribution in [0.1, 0.15) is 0 Å². The second-order valence-electron chi connectivity index (χ2n) is 3.23. The highest BCUT2D eigenvalue weighted by atomic mass is 16.5. The summed E-state index contributed by atoms with van der Waals surface area (Å²) in [6.07, 6.45) is 0. The fourth-order valence-corrected chi connectivity index (χ4v) is 1.06. The third kappa shape index (κ3) is 6.05. The summed E-state index contributed by atoms with van der Waals surface area (Å²) in [5.74, 6) is -1.32. The van der Waals surface area contributed by atoms with Gasteiger partial charge in [0.1, 0.15) is 0 Å². The Morgan fingerprint density at radius 3 is 2.41 bits per heavy atom. The molecule has 0 radical (unpaired) electrons. The molecule has 0 spiro atoms. The van der Waals surface area contributed by atoms with Crippen molar-refractivity contribution in [2.45, 2.75) is 6.04 Å². The van der Waals surface area contributed by atoms with E-state index in [-0.39, 0.29) is 26.3 Å². The van der Waals surface area contributed by atoms with Crippen molar-refractivity contribution in [3.8, 4) is 0 Å². The number of hydrogen-bond acceptors (Lipinski definition) is 5. The summed E-state index contributed by atoms with van der Waals surface area (Å²) in [6, 6.07) is -2.02. The standard InChI is InChI=1S/C9H18N2O6/c1-17-5-3-11(2-4-12)9(16)10-7(6-13)8(14)15/h7,12-13H,2-6H2,1H3,(H,10,16)(H,14,15)/t7-/m1/s1. The molecule has 8 nitrogen and oxygen atoms in total. The summed E-state index contributed by atoms with van der Waals surface area (Å²) in [6.45, 7) is -0.385. The monoisotopic (exact) mass is 250 g/mol. The van der Waals surface area contributed by atoms with Crippen molar-refractivity contribution in [3.63, 3.8) is 0 Å². The van der Waals surface area contributed by atoms with Gasteiger partial charge >= 0.3 is 12.0 Å². The molecule has 0 aliphatic heterocycles. The number of carbonyl (C=O) groups is 2. The number of carboxylic acid groups (broad SMARTS) is 1. The smallest absolute Gasteiger partial charge is 0.328 e. The number of aliphatic carboxylic acids is 1. The third-order valence-electron chi connectivity index (χ3n) is 2.00. The molecule has 0 heterocycles. The molecule has 0 aliphatic rings. The van der Waals surface area contributed by atoms with Gasteiger partial charge in [0.15, 0.2) is 6.04 Å². The molecule has 0 aliphatic carbocycles. The Kier molecular flexibility index (Phi) is 8.03. The highest BCUT2D eigenvalue weighted by Gasteiger charge is 2.21. The summed E-state index contributed by atoms with van der Waals surface area (Å²) in [7, 11) is 1.46. The van der Waals surface area contributed by atoms with Gasteiger partial charge in [-0.1, -0.05) is 0 Å². The molecule has 4 N–H and O–H groups in total. The van der Waals surface area contributed by atoms with E-state index in [1.54, 1.807) is 0 Å². The molecular weight excluding hydrogens is 232 g/mol. The lowest BCUT2D eigenvalue weighted by Crippen LogP contribution is -2.50. The summed E-state index contributed by atoms with van der Waals surface area (Å²) < 4.78 is 4.78. The van der Waals surface area contributed by atoms with E-state index in [4.69, 9.17) is 20.1 Å². The van der Waals surface area contributed by atoms with Crippen molar-refractivity contribution in [1.82, 2.24) is 10.2 Å². The number of aliphatic hydroxyl groups is 2. The predicted molar refractivity (Wildman–Crippen MR) is 57.6 cm³/mol. The summed E-state index contributed by atoms with van der Waals surface area (Å²) >= 11 is 0. The van der Waals surface area contributed by atoms with Gasteiger partial charge < -0.3 is 30.3 Å². The maximum atomic E-state index is 11.6. The van der Waals surface area contributed by atoms with Gasteiger partial charge in [0.05, 0.1) is 19.8 Å². The maximum absolute atomic E-state index is 11.6. The lowest BCUT2D eigenvalue weighted by atomic mass is 10.3. The van der Waals surface area contributed by atoms with Crippen molar-refractivity contribution < 1.29 is 29.6 Å². The number of carbonyl (C=O) groups excluding carboxylic acids is 1. The molecule has 0 aromatic heterocycles. The van der Waals surface area contributed by atoms with Crippen molar-refractivity contribution in [2.75, 3.05) is 40.0 Å². The number of amides is 2. The average molecular weight is 250 g/mol. The van der Waals surface area contributed by atoms with Gasteiger partial charge in [0.2, 0.25) is 0 Å². The predicted octanol–water partition coefficient (Wildman–Crippen LogP) is -1.92. The van der Waals surface area contributed by atoms with Gasteiger partial charge in [0, 0.05) is 20.2 Å². The van der Waals surface area contributed by atoms with Crippen LogP contribution in [0.4, 0.5) is 4.79 Å². The summed E-state index contributed by atoms with van der Waals surface area (Å²) in [4.78, 5) is 23.4. The highest BCUT2D eigenvalue weighted by Crippen LogP contribution is 1.92. The largest absolute Gasteiger partial charge is 0.480 e. The first-order valence-electron chi connectivity index (χ1n) is 5.05. The first-order chi connectivity index (χ1) is 8.06. The van der Waals surface area contributed by atoms with E-state index in [1.165, 1.54) is 12.0 Å². The third-order valence-corrected chi connectivity index (χ3v) is 2.00. The van der Waals surface area contributed by atoms with Crippen LogP contribution in [-0.4, -0.2) is 78.3 Å². The van der Waals surface area contributed by atoms with E-state index < -0.39 is 24.6 Å². The lowest BCUT2D eigenvalue weighted by molar-refractivity contribution is -0.140. The molecule has 0 bridgehead atoms. The van der Waals surface area contributed by atoms with Crippen LogP contribution in [0.2, 0.25) is 0 Å². The van der Waals surface area contributed by atoms with Gasteiger partial charge in [-0.2, -0.15) is 0 Å². The van der Waals surface area contributed by atoms with Crippen LogP contribution in [0.25, 0.3) is 0 Å². The number of hydrogen-bond donors (Lipinski definition) is 4. The average Bonchev–Trinajstić information content (AvgIpc) is 2.30. The first-order valence-corrected chi connectivity index (χ1v) is 5.05. The summed E-state index contributed by atoms with van der Waals surface area (Å²) in [5, 5.41) is 28.3. The molecule has 0 aromatic carbocycles. The Hall–Kier alpha value is -1.38. The number of ether oxygens (including phenoxy) is 1. The zero-order chi connectivity index (χ0) is 13.3. The van der Waals surface area contributed by atoms with E-state index >= 15 is 0 Å². The number of methoxy groups -OCH3 is 1. The van der Waals surface area contributed by atoms with E-state index in [0.29, 0.717) is 0 Å². The lowest BCUT2D eigenvalue weighted by Gasteiger charge is -2.23. The minimum absolute atomic E-state index is 0.0625. The highest BCUT2D eigenvalue weighted by molar-refractivity contribution is 5.82. The molecule has 8 heteroatoms. The molecule has 0 rings (SSSR count). The van der Waals surface area contributed by atoms with E-state index in [0.717, 1.165) is 0 Å². The Bertz CT molecular complexity index is 248.